The number of rotatable bonds is 6. The summed E-state index contributed by atoms with van der Waals surface area (Å²) in [5.74, 6) is -0.769. The molecule has 156 valence electrons. The Balaban J connectivity index is 1.76. The molecule has 2 atom stereocenters. The summed E-state index contributed by atoms with van der Waals surface area (Å²) >= 11 is 0. The van der Waals surface area contributed by atoms with Crippen LogP contribution >= 0.6 is 0 Å². The normalized spacial score (nSPS) is 19.3. The number of benzene rings is 2. The minimum Gasteiger partial charge on any atom is -0.497 e. The largest absolute Gasteiger partial charge is 0.497 e. The SMILES string of the molecule is COc1ccc(Oc2ccc(N3C[C@@H](C(F)(F)F)C[C@H]3CC(=O)O)cc2)c(C)c1. The molecule has 2 aromatic carbocycles. The minimum absolute atomic E-state index is 0.223. The Bertz CT molecular complexity index is 867. The van der Waals surface area contributed by atoms with Crippen LogP contribution in [0.4, 0.5) is 18.9 Å². The minimum atomic E-state index is -4.35. The Morgan fingerprint density at radius 1 is 1.17 bits per heavy atom. The first-order valence-electron chi connectivity index (χ1n) is 9.15. The van der Waals surface area contributed by atoms with Crippen LogP contribution in [0.15, 0.2) is 42.5 Å². The summed E-state index contributed by atoms with van der Waals surface area (Å²) in [6.07, 6.45) is -4.91. The molecule has 0 aliphatic carbocycles. The van der Waals surface area contributed by atoms with Gasteiger partial charge in [-0.15, -0.1) is 0 Å². The summed E-state index contributed by atoms with van der Waals surface area (Å²) in [6.45, 7) is 1.63. The molecule has 1 heterocycles. The number of carboxylic acids is 1. The van der Waals surface area contributed by atoms with Crippen LogP contribution in [0.25, 0.3) is 0 Å². The van der Waals surface area contributed by atoms with Gasteiger partial charge < -0.3 is 19.5 Å². The third-order valence-electron chi connectivity index (χ3n) is 5.07. The van der Waals surface area contributed by atoms with Crippen molar-refractivity contribution in [2.45, 2.75) is 32.0 Å². The van der Waals surface area contributed by atoms with E-state index in [0.717, 1.165) is 5.56 Å². The van der Waals surface area contributed by atoms with Gasteiger partial charge in [0.15, 0.2) is 0 Å². The highest BCUT2D eigenvalue weighted by molar-refractivity contribution is 5.69. The first-order valence-corrected chi connectivity index (χ1v) is 9.15. The fourth-order valence-electron chi connectivity index (χ4n) is 3.56. The van der Waals surface area contributed by atoms with Crippen LogP contribution in [-0.2, 0) is 4.79 Å². The van der Waals surface area contributed by atoms with Gasteiger partial charge in [0.05, 0.1) is 19.4 Å². The number of nitrogens with zero attached hydrogens (tertiary/aromatic N) is 1. The molecule has 1 N–H and O–H groups in total. The molecule has 0 aromatic heterocycles. The summed E-state index contributed by atoms with van der Waals surface area (Å²) in [5.41, 5.74) is 1.42. The van der Waals surface area contributed by atoms with Gasteiger partial charge in [-0.25, -0.2) is 0 Å². The summed E-state index contributed by atoms with van der Waals surface area (Å²) in [7, 11) is 1.58. The summed E-state index contributed by atoms with van der Waals surface area (Å²) < 4.78 is 50.5. The topological polar surface area (TPSA) is 59.0 Å². The van der Waals surface area contributed by atoms with E-state index < -0.39 is 24.1 Å². The predicted octanol–water partition coefficient (Wildman–Crippen LogP) is 5.03. The predicted molar refractivity (Wildman–Crippen MR) is 102 cm³/mol. The molecule has 1 aliphatic heterocycles. The molecule has 0 saturated carbocycles. The second-order valence-corrected chi connectivity index (χ2v) is 7.11. The molecule has 1 fully saturated rings. The van der Waals surface area contributed by atoms with E-state index in [9.17, 15) is 18.0 Å². The van der Waals surface area contributed by atoms with Crippen molar-refractivity contribution in [2.75, 3.05) is 18.6 Å². The molecule has 5 nitrogen and oxygen atoms in total. The Morgan fingerprint density at radius 2 is 1.83 bits per heavy atom. The smallest absolute Gasteiger partial charge is 0.393 e. The van der Waals surface area contributed by atoms with Gasteiger partial charge in [0, 0.05) is 18.3 Å². The summed E-state index contributed by atoms with van der Waals surface area (Å²) in [4.78, 5) is 12.6. The van der Waals surface area contributed by atoms with Crippen molar-refractivity contribution in [3.63, 3.8) is 0 Å². The molecule has 3 rings (SSSR count). The van der Waals surface area contributed by atoms with Crippen LogP contribution in [-0.4, -0.2) is 36.9 Å². The van der Waals surface area contributed by atoms with Crippen molar-refractivity contribution in [3.8, 4) is 17.2 Å². The summed E-state index contributed by atoms with van der Waals surface area (Å²) in [5, 5.41) is 9.06. The molecule has 0 bridgehead atoms. The zero-order valence-corrected chi connectivity index (χ0v) is 16.1. The first kappa shape index (κ1) is 20.8. The van der Waals surface area contributed by atoms with Gasteiger partial charge in [0.2, 0.25) is 0 Å². The van der Waals surface area contributed by atoms with E-state index in [1.165, 1.54) is 4.90 Å². The number of ether oxygens (including phenoxy) is 2. The summed E-state index contributed by atoms with van der Waals surface area (Å²) in [6, 6.07) is 11.3. The molecule has 0 amide bonds. The lowest BCUT2D eigenvalue weighted by atomic mass is 10.0. The Kier molecular flexibility index (Phi) is 5.91. The molecule has 29 heavy (non-hydrogen) atoms. The molecule has 2 aromatic rings. The average Bonchev–Trinajstić information content (AvgIpc) is 3.07. The van der Waals surface area contributed by atoms with Crippen molar-refractivity contribution >= 4 is 11.7 Å². The second-order valence-electron chi connectivity index (χ2n) is 7.11. The molecule has 0 radical (unpaired) electrons. The van der Waals surface area contributed by atoms with Crippen molar-refractivity contribution in [1.29, 1.82) is 0 Å². The highest BCUT2D eigenvalue weighted by atomic mass is 19.4. The Hall–Kier alpha value is -2.90. The fraction of sp³-hybridized carbons (Fsp3) is 0.381. The molecule has 1 aliphatic rings. The molecular weight excluding hydrogens is 387 g/mol. The number of halogens is 3. The number of anilines is 1. The lowest BCUT2D eigenvalue weighted by molar-refractivity contribution is -0.169. The fourth-order valence-corrected chi connectivity index (χ4v) is 3.56. The van der Waals surface area contributed by atoms with Crippen LogP contribution in [0.5, 0.6) is 17.2 Å². The Morgan fingerprint density at radius 3 is 2.38 bits per heavy atom. The van der Waals surface area contributed by atoms with E-state index >= 15 is 0 Å². The molecule has 8 heteroatoms. The first-order chi connectivity index (χ1) is 13.7. The molecular formula is C21H22F3NO4. The third kappa shape index (κ3) is 4.93. The number of aliphatic carboxylic acids is 1. The van der Waals surface area contributed by atoms with E-state index in [0.29, 0.717) is 22.9 Å². The number of alkyl halides is 3. The maximum absolute atomic E-state index is 13.2. The Labute approximate surface area is 166 Å². The van der Waals surface area contributed by atoms with Crippen molar-refractivity contribution in [1.82, 2.24) is 0 Å². The van der Waals surface area contributed by atoms with Gasteiger partial charge in [0.25, 0.3) is 0 Å². The number of methoxy groups -OCH3 is 1. The number of carbonyl (C=O) groups is 1. The van der Waals surface area contributed by atoms with E-state index in [-0.39, 0.29) is 19.4 Å². The average molecular weight is 409 g/mol. The molecule has 0 unspecified atom stereocenters. The van der Waals surface area contributed by atoms with Crippen molar-refractivity contribution in [3.05, 3.63) is 48.0 Å². The zero-order valence-electron chi connectivity index (χ0n) is 16.1. The van der Waals surface area contributed by atoms with Gasteiger partial charge in [-0.05, 0) is 61.4 Å². The highest BCUT2D eigenvalue weighted by Crippen LogP contribution is 2.40. The van der Waals surface area contributed by atoms with Crippen molar-refractivity contribution in [2.24, 2.45) is 5.92 Å². The lowest BCUT2D eigenvalue weighted by Gasteiger charge is -2.26. The van der Waals surface area contributed by atoms with Crippen LogP contribution in [0, 0.1) is 12.8 Å². The number of hydrogen-bond donors (Lipinski definition) is 1. The highest BCUT2D eigenvalue weighted by Gasteiger charge is 2.47. The van der Waals surface area contributed by atoms with E-state index in [1.807, 2.05) is 13.0 Å². The standard InChI is InChI=1S/C21H22F3NO4/c1-13-9-18(28-2)7-8-19(13)29-17-5-3-15(4-6-17)25-12-14(21(22,23)24)10-16(25)11-20(26)27/h3-9,14,16H,10-12H2,1-2H3,(H,26,27)/t14-,16-/m0/s1. The quantitative estimate of drug-likeness (QED) is 0.725. The third-order valence-corrected chi connectivity index (χ3v) is 5.07. The monoisotopic (exact) mass is 409 g/mol. The molecule has 1 saturated heterocycles. The second kappa shape index (κ2) is 8.23. The number of carboxylic acid groups (broad SMARTS) is 1. The van der Waals surface area contributed by atoms with Gasteiger partial charge in [-0.1, -0.05) is 0 Å². The molecule has 0 spiro atoms. The maximum atomic E-state index is 13.2. The zero-order chi connectivity index (χ0) is 21.2. The van der Waals surface area contributed by atoms with E-state index in [4.69, 9.17) is 14.6 Å². The maximum Gasteiger partial charge on any atom is 0.393 e. The number of hydrogen-bond acceptors (Lipinski definition) is 4. The lowest BCUT2D eigenvalue weighted by Crippen LogP contribution is -2.32. The van der Waals surface area contributed by atoms with Crippen LogP contribution < -0.4 is 14.4 Å². The van der Waals surface area contributed by atoms with E-state index in [2.05, 4.69) is 0 Å². The van der Waals surface area contributed by atoms with E-state index in [1.54, 1.807) is 43.5 Å². The van der Waals surface area contributed by atoms with Crippen LogP contribution in [0.1, 0.15) is 18.4 Å². The van der Waals surface area contributed by atoms with Crippen molar-refractivity contribution < 1.29 is 32.5 Å². The van der Waals surface area contributed by atoms with Crippen LogP contribution in [0.2, 0.25) is 0 Å². The van der Waals surface area contributed by atoms with Gasteiger partial charge in [-0.2, -0.15) is 13.2 Å². The van der Waals surface area contributed by atoms with Gasteiger partial charge >= 0.3 is 12.1 Å². The van der Waals surface area contributed by atoms with Crippen LogP contribution in [0.3, 0.4) is 0 Å². The van der Waals surface area contributed by atoms with Gasteiger partial charge in [-0.3, -0.25) is 4.79 Å². The number of aryl methyl sites for hydroxylation is 1. The van der Waals surface area contributed by atoms with Gasteiger partial charge in [0.1, 0.15) is 17.2 Å².